The second-order valence-corrected chi connectivity index (χ2v) is 6.12. The summed E-state index contributed by atoms with van der Waals surface area (Å²) in [4.78, 5) is 43.2. The van der Waals surface area contributed by atoms with Gasteiger partial charge in [0.2, 0.25) is 0 Å². The molecule has 0 saturated carbocycles. The first-order chi connectivity index (χ1) is 14.1. The number of carboxylic acid groups (broad SMARTS) is 2. The van der Waals surface area contributed by atoms with E-state index in [1.165, 1.54) is 24.3 Å². The Morgan fingerprint density at radius 3 is 1.27 bits per heavy atom. The van der Waals surface area contributed by atoms with Gasteiger partial charge in [0, 0.05) is 0 Å². The summed E-state index contributed by atoms with van der Waals surface area (Å²) in [6.07, 6.45) is -0.784. The predicted octanol–water partition coefficient (Wildman–Crippen LogP) is 1.48. The molecule has 1 aromatic carbocycles. The van der Waals surface area contributed by atoms with Crippen molar-refractivity contribution in [1.29, 1.82) is 0 Å². The Hall–Kier alpha value is -2.98. The van der Waals surface area contributed by atoms with Crippen molar-refractivity contribution in [3.63, 3.8) is 0 Å². The van der Waals surface area contributed by atoms with Crippen LogP contribution in [0.1, 0.15) is 60.2 Å². The number of unbranched alkanes of at least 4 members (excludes halogenated alkanes) is 2. The molecule has 1 aromatic rings. The molecule has 1 rings (SSSR count). The molecule has 0 saturated heterocycles. The zero-order valence-corrected chi connectivity index (χ0v) is 16.9. The van der Waals surface area contributed by atoms with E-state index in [1.807, 2.05) is 13.8 Å². The smallest absolute Gasteiger partial charge is 0.338 e. The highest BCUT2D eigenvalue weighted by molar-refractivity contribution is 5.91. The van der Waals surface area contributed by atoms with Gasteiger partial charge in [0.05, 0.1) is 24.3 Å². The van der Waals surface area contributed by atoms with Crippen LogP contribution in [0.5, 0.6) is 0 Å². The number of carbonyl (C=O) groups excluding carboxylic acids is 2. The van der Waals surface area contributed by atoms with E-state index in [0.29, 0.717) is 12.8 Å². The van der Waals surface area contributed by atoms with Crippen molar-refractivity contribution in [3.8, 4) is 0 Å². The molecule has 30 heavy (non-hydrogen) atoms. The highest BCUT2D eigenvalue weighted by atomic mass is 16.6. The lowest BCUT2D eigenvalue weighted by Gasteiger charge is -2.15. The largest absolute Gasteiger partial charge is 0.478 e. The van der Waals surface area contributed by atoms with Crippen LogP contribution in [0.3, 0.4) is 0 Å². The van der Waals surface area contributed by atoms with Crippen LogP contribution in [-0.4, -0.2) is 69.7 Å². The summed E-state index contributed by atoms with van der Waals surface area (Å²) in [7, 11) is 0. The lowest BCUT2D eigenvalue weighted by molar-refractivity contribution is -0.173. The quantitative estimate of drug-likeness (QED) is 0.299. The van der Waals surface area contributed by atoms with Gasteiger partial charge in [0.25, 0.3) is 0 Å². The van der Waals surface area contributed by atoms with Crippen LogP contribution in [-0.2, 0) is 19.1 Å². The van der Waals surface area contributed by atoms with Gasteiger partial charge >= 0.3 is 23.9 Å². The van der Waals surface area contributed by atoms with E-state index < -0.39 is 36.1 Å². The maximum atomic E-state index is 11.3. The summed E-state index contributed by atoms with van der Waals surface area (Å²) < 4.78 is 9.37. The van der Waals surface area contributed by atoms with Crippen LogP contribution in [0.25, 0.3) is 0 Å². The summed E-state index contributed by atoms with van der Waals surface area (Å²) in [5.74, 6) is -4.15. The van der Waals surface area contributed by atoms with Gasteiger partial charge in [-0.15, -0.1) is 0 Å². The van der Waals surface area contributed by atoms with Crippen molar-refractivity contribution in [3.05, 3.63) is 35.4 Å². The molecular formula is C20H28O10. The van der Waals surface area contributed by atoms with Crippen molar-refractivity contribution in [2.45, 2.75) is 51.7 Å². The number of ether oxygens (including phenoxy) is 2. The summed E-state index contributed by atoms with van der Waals surface area (Å²) >= 11 is 0. The Balaban J connectivity index is 0.000000604. The number of benzene rings is 1. The second-order valence-electron chi connectivity index (χ2n) is 6.12. The maximum Gasteiger partial charge on any atom is 0.338 e. The average Bonchev–Trinajstić information content (AvgIpc) is 2.73. The van der Waals surface area contributed by atoms with Gasteiger partial charge < -0.3 is 29.9 Å². The monoisotopic (exact) mass is 428 g/mol. The lowest BCUT2D eigenvalue weighted by Crippen LogP contribution is -2.41. The molecule has 0 aliphatic heterocycles. The average molecular weight is 428 g/mol. The third kappa shape index (κ3) is 10.5. The van der Waals surface area contributed by atoms with Gasteiger partial charge in [-0.05, 0) is 37.1 Å². The molecule has 0 fully saturated rings. The lowest BCUT2D eigenvalue weighted by atomic mass is 10.1. The molecule has 0 aliphatic carbocycles. The third-order valence-corrected chi connectivity index (χ3v) is 3.65. The van der Waals surface area contributed by atoms with Crippen LogP contribution in [0, 0.1) is 0 Å². The van der Waals surface area contributed by atoms with E-state index >= 15 is 0 Å². The van der Waals surface area contributed by atoms with E-state index in [2.05, 4.69) is 9.47 Å². The molecule has 0 radical (unpaired) electrons. The number of rotatable bonds is 11. The van der Waals surface area contributed by atoms with Gasteiger partial charge in [-0.2, -0.15) is 0 Å². The number of hydrogen-bond acceptors (Lipinski definition) is 8. The van der Waals surface area contributed by atoms with Crippen LogP contribution in [0.2, 0.25) is 0 Å². The van der Waals surface area contributed by atoms with Crippen LogP contribution in [0.15, 0.2) is 24.3 Å². The Bertz CT molecular complexity index is 624. The normalized spacial score (nSPS) is 12.0. The van der Waals surface area contributed by atoms with Crippen molar-refractivity contribution in [1.82, 2.24) is 0 Å². The summed E-state index contributed by atoms with van der Waals surface area (Å²) in [6, 6.07) is 5.02. The Morgan fingerprint density at radius 2 is 1.03 bits per heavy atom. The van der Waals surface area contributed by atoms with Gasteiger partial charge in [-0.3, -0.25) is 0 Å². The van der Waals surface area contributed by atoms with E-state index in [-0.39, 0.29) is 24.3 Å². The molecule has 2 atom stereocenters. The fraction of sp³-hybridized carbons (Fsp3) is 0.500. The zero-order valence-electron chi connectivity index (χ0n) is 16.9. The van der Waals surface area contributed by atoms with Gasteiger partial charge in [-0.1, -0.05) is 26.7 Å². The van der Waals surface area contributed by atoms with E-state index in [9.17, 15) is 29.4 Å². The summed E-state index contributed by atoms with van der Waals surface area (Å²) in [6.45, 7) is 4.16. The van der Waals surface area contributed by atoms with E-state index in [1.54, 1.807) is 0 Å². The summed E-state index contributed by atoms with van der Waals surface area (Å²) in [5, 5.41) is 35.7. The van der Waals surface area contributed by atoms with Crippen LogP contribution < -0.4 is 0 Å². The maximum absolute atomic E-state index is 11.3. The highest BCUT2D eigenvalue weighted by Crippen LogP contribution is 2.04. The molecule has 10 nitrogen and oxygen atoms in total. The first kappa shape index (κ1) is 27.0. The molecule has 0 heterocycles. The summed E-state index contributed by atoms with van der Waals surface area (Å²) in [5.41, 5.74) is 0.167. The predicted molar refractivity (Wildman–Crippen MR) is 104 cm³/mol. The number of carboxylic acids is 2. The molecule has 0 spiro atoms. The van der Waals surface area contributed by atoms with Crippen molar-refractivity contribution in [2.75, 3.05) is 13.2 Å². The molecule has 0 amide bonds. The van der Waals surface area contributed by atoms with Crippen molar-refractivity contribution in [2.24, 2.45) is 0 Å². The Morgan fingerprint density at radius 1 is 0.733 bits per heavy atom. The van der Waals surface area contributed by atoms with Gasteiger partial charge in [-0.25, -0.2) is 19.2 Å². The number of carbonyl (C=O) groups is 4. The zero-order chi connectivity index (χ0) is 23.1. The number of aliphatic hydroxyl groups excluding tert-OH is 2. The molecular weight excluding hydrogens is 400 g/mol. The van der Waals surface area contributed by atoms with Crippen LogP contribution in [0.4, 0.5) is 0 Å². The Kier molecular flexibility index (Phi) is 13.5. The minimum atomic E-state index is -1.89. The SMILES string of the molecule is CCCCOC(=O)C(O)C(O)C(=O)OCCCC.O=C(O)c1ccc(C(=O)O)cc1. The van der Waals surface area contributed by atoms with Crippen molar-refractivity contribution < 1.29 is 49.1 Å². The second kappa shape index (κ2) is 14.9. The molecule has 0 aliphatic rings. The molecule has 0 aromatic heterocycles. The Labute approximate surface area is 174 Å². The number of hydrogen-bond donors (Lipinski definition) is 4. The first-order valence-corrected chi connectivity index (χ1v) is 9.41. The minimum Gasteiger partial charge on any atom is -0.478 e. The van der Waals surface area contributed by atoms with Gasteiger partial charge in [0.1, 0.15) is 0 Å². The minimum absolute atomic E-state index is 0.0833. The molecule has 4 N–H and O–H groups in total. The fourth-order valence-corrected chi connectivity index (χ4v) is 1.82. The topological polar surface area (TPSA) is 168 Å². The third-order valence-electron chi connectivity index (χ3n) is 3.65. The fourth-order valence-electron chi connectivity index (χ4n) is 1.82. The highest BCUT2D eigenvalue weighted by Gasteiger charge is 2.32. The van der Waals surface area contributed by atoms with Crippen LogP contribution >= 0.6 is 0 Å². The van der Waals surface area contributed by atoms with E-state index in [4.69, 9.17) is 10.2 Å². The van der Waals surface area contributed by atoms with Crippen molar-refractivity contribution >= 4 is 23.9 Å². The molecule has 10 heteroatoms. The molecule has 0 bridgehead atoms. The molecule has 168 valence electrons. The first-order valence-electron chi connectivity index (χ1n) is 9.41. The number of esters is 2. The number of aromatic carboxylic acids is 2. The standard InChI is InChI=1S/C12H22O6.C8H6O4/c1-3-5-7-17-11(15)9(13)10(14)12(16)18-8-6-4-2;9-7(10)5-1-2-6(4-3-5)8(11)12/h9-10,13-14H,3-8H2,1-2H3;1-4H,(H,9,10)(H,11,12). The van der Waals surface area contributed by atoms with Gasteiger partial charge in [0.15, 0.2) is 12.2 Å². The van der Waals surface area contributed by atoms with E-state index in [0.717, 1.165) is 12.8 Å². The molecule has 2 unspecified atom stereocenters. The number of aliphatic hydroxyl groups is 2.